The highest BCUT2D eigenvalue weighted by Crippen LogP contribution is 2.22. The normalized spacial score (nSPS) is 12.9. The smallest absolute Gasteiger partial charge is 0.241 e. The van der Waals surface area contributed by atoms with Crippen LogP contribution in [0.2, 0.25) is 5.02 Å². The highest BCUT2D eigenvalue weighted by Gasteiger charge is 2.19. The molecule has 1 atom stereocenters. The Bertz CT molecular complexity index is 732. The third-order valence-corrected chi connectivity index (χ3v) is 5.13. The Morgan fingerprint density at radius 2 is 1.82 bits per heavy atom. The maximum absolute atomic E-state index is 12.3. The maximum Gasteiger partial charge on any atom is 0.241 e. The molecule has 0 aromatic heterocycles. The molecule has 0 fully saturated rings. The van der Waals surface area contributed by atoms with Gasteiger partial charge in [-0.3, -0.25) is 0 Å². The van der Waals surface area contributed by atoms with E-state index in [9.17, 15) is 8.42 Å². The summed E-state index contributed by atoms with van der Waals surface area (Å²) in [5.74, 6) is 0.702. The van der Waals surface area contributed by atoms with Crippen LogP contribution in [-0.4, -0.2) is 21.1 Å². The average molecular weight is 340 g/mol. The minimum Gasteiger partial charge on any atom is -0.489 e. The van der Waals surface area contributed by atoms with Crippen molar-refractivity contribution in [3.63, 3.8) is 0 Å². The number of hydrogen-bond donors (Lipinski definition) is 1. The largest absolute Gasteiger partial charge is 0.489 e. The molecule has 0 radical (unpaired) electrons. The van der Waals surface area contributed by atoms with Crippen molar-refractivity contribution in [1.82, 2.24) is 4.72 Å². The summed E-state index contributed by atoms with van der Waals surface area (Å²) in [4.78, 5) is 0.187. The molecule has 2 aromatic rings. The molecule has 2 rings (SSSR count). The molecule has 0 aliphatic rings. The van der Waals surface area contributed by atoms with Crippen molar-refractivity contribution in [1.29, 1.82) is 0 Å². The number of sulfonamides is 1. The molecule has 4 nitrogen and oxygen atoms in total. The quantitative estimate of drug-likeness (QED) is 0.877. The number of rotatable bonds is 6. The van der Waals surface area contributed by atoms with Crippen LogP contribution in [0.3, 0.4) is 0 Å². The zero-order valence-electron chi connectivity index (χ0n) is 12.4. The molecule has 2 aromatic carbocycles. The molecular formula is C16H18ClNO3S. The third-order valence-electron chi connectivity index (χ3n) is 3.15. The van der Waals surface area contributed by atoms with Crippen LogP contribution in [0.5, 0.6) is 5.75 Å². The van der Waals surface area contributed by atoms with Crippen LogP contribution >= 0.6 is 11.6 Å². The number of nitrogens with one attached hydrogen (secondary N) is 1. The lowest BCUT2D eigenvalue weighted by Crippen LogP contribution is -2.33. The number of ether oxygens (including phenoxy) is 1. The summed E-state index contributed by atoms with van der Waals surface area (Å²) in [5, 5.41) is 0.427. The molecular weight excluding hydrogens is 322 g/mol. The van der Waals surface area contributed by atoms with Gasteiger partial charge in [0.25, 0.3) is 0 Å². The molecule has 0 aliphatic carbocycles. The highest BCUT2D eigenvalue weighted by atomic mass is 35.5. The van der Waals surface area contributed by atoms with E-state index in [0.29, 0.717) is 16.3 Å². The van der Waals surface area contributed by atoms with E-state index in [1.165, 1.54) is 6.07 Å². The Morgan fingerprint density at radius 1 is 1.14 bits per heavy atom. The highest BCUT2D eigenvalue weighted by molar-refractivity contribution is 7.89. The van der Waals surface area contributed by atoms with Gasteiger partial charge in [-0.05, 0) is 43.7 Å². The Kier molecular flexibility index (Phi) is 5.45. The van der Waals surface area contributed by atoms with Crippen molar-refractivity contribution < 1.29 is 13.2 Å². The lowest BCUT2D eigenvalue weighted by molar-refractivity contribution is 0.225. The second kappa shape index (κ2) is 7.13. The van der Waals surface area contributed by atoms with E-state index < -0.39 is 10.0 Å². The minimum atomic E-state index is -3.62. The van der Waals surface area contributed by atoms with Crippen LogP contribution < -0.4 is 9.46 Å². The summed E-state index contributed by atoms with van der Waals surface area (Å²) in [5.41, 5.74) is 0.535. The van der Waals surface area contributed by atoms with E-state index in [2.05, 4.69) is 4.72 Å². The Morgan fingerprint density at radius 3 is 2.50 bits per heavy atom. The van der Waals surface area contributed by atoms with E-state index in [1.54, 1.807) is 26.0 Å². The summed E-state index contributed by atoms with van der Waals surface area (Å²) in [7, 11) is -3.62. The van der Waals surface area contributed by atoms with Gasteiger partial charge in [0.15, 0.2) is 0 Å². The topological polar surface area (TPSA) is 55.4 Å². The molecule has 0 saturated carbocycles. The van der Waals surface area contributed by atoms with Crippen LogP contribution in [-0.2, 0) is 10.0 Å². The third kappa shape index (κ3) is 4.22. The first-order chi connectivity index (χ1) is 10.4. The standard InChI is InChI=1S/C16H18ClNO3S/c1-12(21-14-7-4-3-5-8-14)11-18-22(19,20)16-10-6-9-15(17)13(16)2/h3-10,12,18H,11H2,1-2H3. The van der Waals surface area contributed by atoms with Crippen LogP contribution in [0.15, 0.2) is 53.4 Å². The van der Waals surface area contributed by atoms with Gasteiger partial charge in [0.1, 0.15) is 11.9 Å². The van der Waals surface area contributed by atoms with Crippen molar-refractivity contribution in [2.75, 3.05) is 6.54 Å². The molecule has 118 valence electrons. The molecule has 0 aliphatic heterocycles. The molecule has 6 heteroatoms. The van der Waals surface area contributed by atoms with Gasteiger partial charge in [0.2, 0.25) is 10.0 Å². The first kappa shape index (κ1) is 16.8. The SMILES string of the molecule is Cc1c(Cl)cccc1S(=O)(=O)NCC(C)Oc1ccccc1. The molecule has 0 saturated heterocycles. The van der Waals surface area contributed by atoms with E-state index in [1.807, 2.05) is 30.3 Å². The first-order valence-corrected chi connectivity index (χ1v) is 8.73. The second-order valence-corrected chi connectivity index (χ2v) is 7.10. The van der Waals surface area contributed by atoms with E-state index >= 15 is 0 Å². The summed E-state index contributed by atoms with van der Waals surface area (Å²) < 4.78 is 32.9. The molecule has 1 N–H and O–H groups in total. The van der Waals surface area contributed by atoms with Gasteiger partial charge >= 0.3 is 0 Å². The van der Waals surface area contributed by atoms with Gasteiger partial charge in [-0.1, -0.05) is 35.9 Å². The molecule has 0 heterocycles. The Balaban J connectivity index is 2.02. The first-order valence-electron chi connectivity index (χ1n) is 6.86. The molecule has 0 amide bonds. The Labute approximate surface area is 136 Å². The predicted octanol–water partition coefficient (Wildman–Crippen LogP) is 3.39. The molecule has 0 spiro atoms. The predicted molar refractivity (Wildman–Crippen MR) is 87.9 cm³/mol. The van der Waals surface area contributed by atoms with E-state index in [4.69, 9.17) is 16.3 Å². The molecule has 22 heavy (non-hydrogen) atoms. The molecule has 1 unspecified atom stereocenters. The van der Waals surface area contributed by atoms with Gasteiger partial charge in [-0.15, -0.1) is 0 Å². The average Bonchev–Trinajstić information content (AvgIpc) is 2.49. The van der Waals surface area contributed by atoms with Crippen molar-refractivity contribution in [2.45, 2.75) is 24.8 Å². The lowest BCUT2D eigenvalue weighted by Gasteiger charge is -2.16. The van der Waals surface area contributed by atoms with Crippen molar-refractivity contribution in [2.24, 2.45) is 0 Å². The fraction of sp³-hybridized carbons (Fsp3) is 0.250. The van der Waals surface area contributed by atoms with Crippen molar-refractivity contribution in [3.05, 3.63) is 59.1 Å². The minimum absolute atomic E-state index is 0.170. The maximum atomic E-state index is 12.3. The number of halogens is 1. The van der Waals surface area contributed by atoms with Gasteiger partial charge in [0.05, 0.1) is 4.90 Å². The Hall–Kier alpha value is -1.56. The van der Waals surface area contributed by atoms with Crippen LogP contribution in [0.25, 0.3) is 0 Å². The number of benzene rings is 2. The van der Waals surface area contributed by atoms with Gasteiger partial charge in [-0.2, -0.15) is 0 Å². The van der Waals surface area contributed by atoms with Gasteiger partial charge < -0.3 is 4.74 Å². The van der Waals surface area contributed by atoms with Gasteiger partial charge in [-0.25, -0.2) is 13.1 Å². The fourth-order valence-electron chi connectivity index (χ4n) is 1.96. The zero-order valence-corrected chi connectivity index (χ0v) is 14.0. The lowest BCUT2D eigenvalue weighted by atomic mass is 10.2. The van der Waals surface area contributed by atoms with E-state index in [0.717, 1.165) is 0 Å². The summed E-state index contributed by atoms with van der Waals surface area (Å²) >= 11 is 5.97. The molecule has 0 bridgehead atoms. The van der Waals surface area contributed by atoms with Gasteiger partial charge in [0, 0.05) is 11.6 Å². The summed E-state index contributed by atoms with van der Waals surface area (Å²) in [6.45, 7) is 3.66. The van der Waals surface area contributed by atoms with Crippen LogP contribution in [0, 0.1) is 6.92 Å². The number of para-hydroxylation sites is 1. The zero-order chi connectivity index (χ0) is 16.2. The second-order valence-electron chi connectivity index (χ2n) is 4.96. The monoisotopic (exact) mass is 339 g/mol. The number of hydrogen-bond acceptors (Lipinski definition) is 3. The van der Waals surface area contributed by atoms with Crippen LogP contribution in [0.4, 0.5) is 0 Å². The van der Waals surface area contributed by atoms with Crippen molar-refractivity contribution >= 4 is 21.6 Å². The van der Waals surface area contributed by atoms with Crippen molar-refractivity contribution in [3.8, 4) is 5.75 Å². The van der Waals surface area contributed by atoms with Crippen LogP contribution in [0.1, 0.15) is 12.5 Å². The summed E-state index contributed by atoms with van der Waals surface area (Å²) in [6, 6.07) is 14.1. The van der Waals surface area contributed by atoms with E-state index in [-0.39, 0.29) is 17.5 Å². The fourth-order valence-corrected chi connectivity index (χ4v) is 3.57. The summed E-state index contributed by atoms with van der Waals surface area (Å²) in [6.07, 6.45) is -0.295.